The van der Waals surface area contributed by atoms with E-state index in [9.17, 15) is 4.39 Å². The van der Waals surface area contributed by atoms with E-state index < -0.39 is 0 Å². The maximum Gasteiger partial charge on any atom is 0.137 e. The second kappa shape index (κ2) is 6.26. The number of halogens is 2. The molecule has 0 aliphatic heterocycles. The number of hydrogen-bond donors (Lipinski definition) is 1. The predicted molar refractivity (Wildman–Crippen MR) is 78.6 cm³/mol. The lowest BCUT2D eigenvalue weighted by atomic mass is 10.0. The minimum Gasteiger partial charge on any atom is -0.311 e. The van der Waals surface area contributed by atoms with Gasteiger partial charge in [-0.05, 0) is 66.2 Å². The van der Waals surface area contributed by atoms with Crippen molar-refractivity contribution >= 4 is 15.9 Å². The minimum absolute atomic E-state index is 0.122. The van der Waals surface area contributed by atoms with E-state index in [2.05, 4.69) is 26.2 Å². The van der Waals surface area contributed by atoms with Gasteiger partial charge in [0.15, 0.2) is 0 Å². The molecule has 1 heterocycles. The minimum atomic E-state index is -0.238. The zero-order valence-corrected chi connectivity index (χ0v) is 12.5. The van der Waals surface area contributed by atoms with E-state index in [4.69, 9.17) is 0 Å². The fourth-order valence-electron chi connectivity index (χ4n) is 2.02. The van der Waals surface area contributed by atoms with Gasteiger partial charge in [-0.25, -0.2) is 4.39 Å². The van der Waals surface area contributed by atoms with Crippen LogP contribution in [-0.2, 0) is 6.42 Å². The van der Waals surface area contributed by atoms with Gasteiger partial charge in [-0.1, -0.05) is 12.1 Å². The van der Waals surface area contributed by atoms with Crippen molar-refractivity contribution in [2.75, 3.05) is 7.05 Å². The first-order chi connectivity index (χ1) is 9.10. The third-order valence-electron chi connectivity index (χ3n) is 3.04. The Morgan fingerprint density at radius 3 is 2.74 bits per heavy atom. The van der Waals surface area contributed by atoms with Crippen LogP contribution >= 0.6 is 15.9 Å². The van der Waals surface area contributed by atoms with E-state index in [0.29, 0.717) is 4.47 Å². The standard InChI is InChI=1S/C15H16BrFN2/c1-10-4-3-5-14(19-10)15(18-2)9-11-6-7-13(17)12(16)8-11/h3-8,15,18H,9H2,1-2H3. The monoisotopic (exact) mass is 322 g/mol. The predicted octanol–water partition coefficient (Wildman–Crippen LogP) is 3.79. The zero-order valence-electron chi connectivity index (χ0n) is 11.0. The Bertz CT molecular complexity index is 572. The van der Waals surface area contributed by atoms with Gasteiger partial charge in [-0.15, -0.1) is 0 Å². The van der Waals surface area contributed by atoms with Crippen molar-refractivity contribution in [1.82, 2.24) is 10.3 Å². The molecule has 1 aromatic carbocycles. The summed E-state index contributed by atoms with van der Waals surface area (Å²) in [5.41, 5.74) is 3.07. The van der Waals surface area contributed by atoms with E-state index in [1.807, 2.05) is 38.2 Å². The van der Waals surface area contributed by atoms with Crippen molar-refractivity contribution in [3.05, 3.63) is 63.6 Å². The number of nitrogens with zero attached hydrogens (tertiary/aromatic N) is 1. The highest BCUT2D eigenvalue weighted by atomic mass is 79.9. The van der Waals surface area contributed by atoms with Gasteiger partial charge < -0.3 is 5.32 Å². The molecule has 0 bridgehead atoms. The molecule has 2 rings (SSSR count). The molecule has 2 nitrogen and oxygen atoms in total. The topological polar surface area (TPSA) is 24.9 Å². The first-order valence-corrected chi connectivity index (χ1v) is 6.94. The van der Waals surface area contributed by atoms with Crippen LogP contribution in [0, 0.1) is 12.7 Å². The molecule has 19 heavy (non-hydrogen) atoms. The third-order valence-corrected chi connectivity index (χ3v) is 3.65. The molecule has 2 aromatic rings. The van der Waals surface area contributed by atoms with Crippen molar-refractivity contribution < 1.29 is 4.39 Å². The van der Waals surface area contributed by atoms with Gasteiger partial charge >= 0.3 is 0 Å². The zero-order chi connectivity index (χ0) is 13.8. The first kappa shape index (κ1) is 14.2. The molecule has 1 aromatic heterocycles. The van der Waals surface area contributed by atoms with Crippen LogP contribution in [0.5, 0.6) is 0 Å². The fourth-order valence-corrected chi connectivity index (χ4v) is 2.44. The van der Waals surface area contributed by atoms with Crippen LogP contribution in [0.4, 0.5) is 4.39 Å². The van der Waals surface area contributed by atoms with Crippen molar-refractivity contribution in [2.45, 2.75) is 19.4 Å². The van der Waals surface area contributed by atoms with Crippen LogP contribution in [0.2, 0.25) is 0 Å². The lowest BCUT2D eigenvalue weighted by Gasteiger charge is -2.16. The van der Waals surface area contributed by atoms with Gasteiger partial charge in [0.05, 0.1) is 16.2 Å². The number of pyridine rings is 1. The van der Waals surface area contributed by atoms with Gasteiger partial charge in [-0.3, -0.25) is 4.98 Å². The van der Waals surface area contributed by atoms with Gasteiger partial charge in [0.1, 0.15) is 5.82 Å². The highest BCUT2D eigenvalue weighted by molar-refractivity contribution is 9.10. The maximum absolute atomic E-state index is 13.2. The van der Waals surface area contributed by atoms with E-state index in [-0.39, 0.29) is 11.9 Å². The highest BCUT2D eigenvalue weighted by Crippen LogP contribution is 2.21. The molecule has 0 aliphatic carbocycles. The molecule has 0 saturated carbocycles. The molecule has 0 spiro atoms. The summed E-state index contributed by atoms with van der Waals surface area (Å²) < 4.78 is 13.7. The molecular formula is C15H16BrFN2. The summed E-state index contributed by atoms with van der Waals surface area (Å²) in [5.74, 6) is -0.238. The Hall–Kier alpha value is -1.26. The highest BCUT2D eigenvalue weighted by Gasteiger charge is 2.12. The molecule has 1 atom stereocenters. The Labute approximate surface area is 121 Å². The summed E-state index contributed by atoms with van der Waals surface area (Å²) in [6, 6.07) is 11.2. The molecule has 0 saturated heterocycles. The van der Waals surface area contributed by atoms with Crippen molar-refractivity contribution in [1.29, 1.82) is 0 Å². The summed E-state index contributed by atoms with van der Waals surface area (Å²) in [5, 5.41) is 3.26. The number of rotatable bonds is 4. The van der Waals surface area contributed by atoms with Crippen LogP contribution in [0.3, 0.4) is 0 Å². The van der Waals surface area contributed by atoms with E-state index in [0.717, 1.165) is 23.4 Å². The molecule has 4 heteroatoms. The van der Waals surface area contributed by atoms with E-state index >= 15 is 0 Å². The van der Waals surface area contributed by atoms with Crippen molar-refractivity contribution in [3.63, 3.8) is 0 Å². The number of nitrogens with one attached hydrogen (secondary N) is 1. The second-order valence-corrected chi connectivity index (χ2v) is 5.35. The van der Waals surface area contributed by atoms with E-state index in [1.54, 1.807) is 6.07 Å². The summed E-state index contributed by atoms with van der Waals surface area (Å²) in [6.07, 6.45) is 0.770. The Balaban J connectivity index is 2.21. The second-order valence-electron chi connectivity index (χ2n) is 4.50. The number of likely N-dealkylation sites (N-methyl/N-ethyl adjacent to an activating group) is 1. The first-order valence-electron chi connectivity index (χ1n) is 6.15. The lowest BCUT2D eigenvalue weighted by molar-refractivity contribution is 0.572. The number of hydrogen-bond acceptors (Lipinski definition) is 2. The van der Waals surface area contributed by atoms with Gasteiger partial charge in [0.2, 0.25) is 0 Å². The lowest BCUT2D eigenvalue weighted by Crippen LogP contribution is -2.20. The molecule has 0 aliphatic rings. The van der Waals surface area contributed by atoms with Crippen LogP contribution in [-0.4, -0.2) is 12.0 Å². The van der Waals surface area contributed by atoms with Gasteiger partial charge in [0.25, 0.3) is 0 Å². The van der Waals surface area contributed by atoms with Gasteiger partial charge in [0, 0.05) is 5.69 Å². The van der Waals surface area contributed by atoms with Gasteiger partial charge in [-0.2, -0.15) is 0 Å². The van der Waals surface area contributed by atoms with E-state index in [1.165, 1.54) is 6.07 Å². The smallest absolute Gasteiger partial charge is 0.137 e. The van der Waals surface area contributed by atoms with Crippen LogP contribution in [0.1, 0.15) is 23.0 Å². The maximum atomic E-state index is 13.2. The normalized spacial score (nSPS) is 12.4. The fraction of sp³-hybridized carbons (Fsp3) is 0.267. The number of aryl methyl sites for hydroxylation is 1. The Morgan fingerprint density at radius 1 is 1.32 bits per heavy atom. The molecule has 0 radical (unpaired) electrons. The summed E-state index contributed by atoms with van der Waals surface area (Å²) in [7, 11) is 1.91. The largest absolute Gasteiger partial charge is 0.311 e. The van der Waals surface area contributed by atoms with Crippen LogP contribution in [0.15, 0.2) is 40.9 Å². The number of benzene rings is 1. The molecular weight excluding hydrogens is 307 g/mol. The molecule has 1 N–H and O–H groups in total. The van der Waals surface area contributed by atoms with Crippen molar-refractivity contribution in [2.24, 2.45) is 0 Å². The molecule has 1 unspecified atom stereocenters. The van der Waals surface area contributed by atoms with Crippen molar-refractivity contribution in [3.8, 4) is 0 Å². The van der Waals surface area contributed by atoms with Crippen LogP contribution < -0.4 is 5.32 Å². The summed E-state index contributed by atoms with van der Waals surface area (Å²) in [6.45, 7) is 1.98. The summed E-state index contributed by atoms with van der Waals surface area (Å²) >= 11 is 3.21. The average Bonchev–Trinajstić information content (AvgIpc) is 2.40. The quantitative estimate of drug-likeness (QED) is 0.926. The molecule has 0 fully saturated rings. The Kier molecular flexibility index (Phi) is 4.66. The number of aromatic nitrogens is 1. The molecule has 100 valence electrons. The average molecular weight is 323 g/mol. The SMILES string of the molecule is CNC(Cc1ccc(F)c(Br)c1)c1cccc(C)n1. The summed E-state index contributed by atoms with van der Waals surface area (Å²) in [4.78, 5) is 4.53. The third kappa shape index (κ3) is 3.61. The van der Waals surface area contributed by atoms with Crippen LogP contribution in [0.25, 0.3) is 0 Å². The molecule has 0 amide bonds. The Morgan fingerprint density at radius 2 is 2.11 bits per heavy atom.